The number of rotatable bonds is 7. The Bertz CT molecular complexity index is 450. The molecule has 0 heterocycles. The molecule has 1 fully saturated rings. The third kappa shape index (κ3) is 3.73. The van der Waals surface area contributed by atoms with Crippen LogP contribution in [0.3, 0.4) is 0 Å². The molecule has 1 saturated carbocycles. The van der Waals surface area contributed by atoms with Crippen LogP contribution in [-0.2, 0) is 0 Å². The van der Waals surface area contributed by atoms with E-state index in [0.717, 1.165) is 38.4 Å². The second kappa shape index (κ2) is 6.75. The summed E-state index contributed by atoms with van der Waals surface area (Å²) in [5.74, 6) is 1.17. The van der Waals surface area contributed by atoms with Crippen molar-refractivity contribution in [2.45, 2.75) is 44.6 Å². The van der Waals surface area contributed by atoms with E-state index in [2.05, 4.69) is 0 Å². The third-order valence-electron chi connectivity index (χ3n) is 3.62. The third-order valence-corrected chi connectivity index (χ3v) is 3.62. The maximum absolute atomic E-state index is 11.0. The lowest BCUT2D eigenvalue weighted by Crippen LogP contribution is -2.32. The fraction of sp³-hybridized carbons (Fsp3) is 0.562. The van der Waals surface area contributed by atoms with Crippen molar-refractivity contribution >= 4 is 6.29 Å². The van der Waals surface area contributed by atoms with Crippen LogP contribution in [0, 0.1) is 0 Å². The number of aliphatic hydroxyl groups is 1. The van der Waals surface area contributed by atoms with Gasteiger partial charge in [0.25, 0.3) is 0 Å². The van der Waals surface area contributed by atoms with E-state index in [9.17, 15) is 9.90 Å². The van der Waals surface area contributed by atoms with Crippen molar-refractivity contribution < 1.29 is 19.4 Å². The second-order valence-corrected chi connectivity index (χ2v) is 5.39. The van der Waals surface area contributed by atoms with Gasteiger partial charge in [0, 0.05) is 6.07 Å². The van der Waals surface area contributed by atoms with E-state index in [1.807, 2.05) is 6.92 Å². The topological polar surface area (TPSA) is 55.8 Å². The van der Waals surface area contributed by atoms with Crippen molar-refractivity contribution in [3.63, 3.8) is 0 Å². The van der Waals surface area contributed by atoms with E-state index in [1.165, 1.54) is 0 Å². The molecular formula is C16H22O4. The predicted molar refractivity (Wildman–Crippen MR) is 76.5 cm³/mol. The summed E-state index contributed by atoms with van der Waals surface area (Å²) in [5.41, 5.74) is -0.268. The Kier molecular flexibility index (Phi) is 5.01. The number of hydrogen-bond acceptors (Lipinski definition) is 4. The Balaban J connectivity index is 2.05. The molecule has 1 aliphatic carbocycles. The molecule has 20 heavy (non-hydrogen) atoms. The normalized spacial score (nSPS) is 16.9. The number of carbonyl (C=O) groups is 1. The van der Waals surface area contributed by atoms with Crippen molar-refractivity contribution in [1.29, 1.82) is 0 Å². The Hall–Kier alpha value is -1.55. The van der Waals surface area contributed by atoms with Gasteiger partial charge in [0.05, 0.1) is 17.8 Å². The number of ether oxygens (including phenoxy) is 2. The van der Waals surface area contributed by atoms with Gasteiger partial charge in [-0.2, -0.15) is 0 Å². The minimum atomic E-state index is -0.750. The fourth-order valence-corrected chi connectivity index (χ4v) is 2.44. The molecule has 0 amide bonds. The average Bonchev–Trinajstić information content (AvgIpc) is 2.90. The molecule has 0 saturated heterocycles. The van der Waals surface area contributed by atoms with E-state index < -0.39 is 5.60 Å². The lowest BCUT2D eigenvalue weighted by molar-refractivity contribution is 0.00115. The van der Waals surface area contributed by atoms with Crippen LogP contribution < -0.4 is 9.47 Å². The van der Waals surface area contributed by atoms with Crippen LogP contribution in [0.2, 0.25) is 0 Å². The van der Waals surface area contributed by atoms with Crippen molar-refractivity contribution in [2.75, 3.05) is 13.2 Å². The maximum atomic E-state index is 11.0. The molecular weight excluding hydrogens is 256 g/mol. The molecule has 4 heteroatoms. The van der Waals surface area contributed by atoms with Crippen LogP contribution in [0.5, 0.6) is 11.5 Å². The molecule has 0 aromatic heterocycles. The first kappa shape index (κ1) is 14.9. The number of benzene rings is 1. The van der Waals surface area contributed by atoms with Crippen LogP contribution in [0.4, 0.5) is 0 Å². The van der Waals surface area contributed by atoms with Crippen molar-refractivity contribution in [1.82, 2.24) is 0 Å². The summed E-state index contributed by atoms with van der Waals surface area (Å²) in [6.07, 6.45) is 5.26. The molecule has 0 atom stereocenters. The minimum Gasteiger partial charge on any atom is -0.493 e. The maximum Gasteiger partial charge on any atom is 0.153 e. The zero-order valence-corrected chi connectivity index (χ0v) is 11.9. The number of hydrogen-bond donors (Lipinski definition) is 1. The van der Waals surface area contributed by atoms with Gasteiger partial charge in [0.1, 0.15) is 18.1 Å². The number of aldehydes is 1. The highest BCUT2D eigenvalue weighted by atomic mass is 16.5. The van der Waals surface area contributed by atoms with E-state index in [4.69, 9.17) is 9.47 Å². The first-order valence-electron chi connectivity index (χ1n) is 7.24. The molecule has 0 spiro atoms. The van der Waals surface area contributed by atoms with Crippen LogP contribution in [0.15, 0.2) is 18.2 Å². The Morgan fingerprint density at radius 3 is 2.70 bits per heavy atom. The molecule has 2 rings (SSSR count). The molecule has 4 nitrogen and oxygen atoms in total. The monoisotopic (exact) mass is 278 g/mol. The summed E-state index contributed by atoms with van der Waals surface area (Å²) < 4.78 is 11.2. The van der Waals surface area contributed by atoms with E-state index in [1.54, 1.807) is 18.2 Å². The van der Waals surface area contributed by atoms with Gasteiger partial charge in [-0.05, 0) is 31.4 Å². The van der Waals surface area contributed by atoms with Crippen molar-refractivity contribution in [3.8, 4) is 11.5 Å². The predicted octanol–water partition coefficient (Wildman–Crippen LogP) is 2.97. The van der Waals surface area contributed by atoms with E-state index >= 15 is 0 Å². The highest BCUT2D eigenvalue weighted by Gasteiger charge is 2.32. The SMILES string of the molecule is CCCOc1ccc(C=O)c(OCC2(O)CCCC2)c1. The molecule has 1 aromatic rings. The van der Waals surface area contributed by atoms with Crippen LogP contribution in [0.1, 0.15) is 49.4 Å². The molecule has 1 aliphatic rings. The molecule has 1 N–H and O–H groups in total. The molecule has 1 aromatic carbocycles. The summed E-state index contributed by atoms with van der Waals surface area (Å²) in [6.45, 7) is 2.89. The van der Waals surface area contributed by atoms with E-state index in [-0.39, 0.29) is 6.61 Å². The van der Waals surface area contributed by atoms with E-state index in [0.29, 0.717) is 23.7 Å². The van der Waals surface area contributed by atoms with Gasteiger partial charge in [0.2, 0.25) is 0 Å². The largest absolute Gasteiger partial charge is 0.493 e. The Morgan fingerprint density at radius 2 is 2.05 bits per heavy atom. The molecule has 0 radical (unpaired) electrons. The quantitative estimate of drug-likeness (QED) is 0.779. The zero-order chi connectivity index (χ0) is 14.4. The second-order valence-electron chi connectivity index (χ2n) is 5.39. The van der Waals surface area contributed by atoms with Gasteiger partial charge >= 0.3 is 0 Å². The molecule has 0 bridgehead atoms. The zero-order valence-electron chi connectivity index (χ0n) is 11.9. The summed E-state index contributed by atoms with van der Waals surface area (Å²) in [7, 11) is 0. The minimum absolute atomic E-state index is 0.227. The lowest BCUT2D eigenvalue weighted by atomic mass is 10.0. The van der Waals surface area contributed by atoms with Gasteiger partial charge in [-0.25, -0.2) is 0 Å². The van der Waals surface area contributed by atoms with Crippen LogP contribution in [0.25, 0.3) is 0 Å². The van der Waals surface area contributed by atoms with Gasteiger partial charge < -0.3 is 14.6 Å². The molecule has 0 unspecified atom stereocenters. The van der Waals surface area contributed by atoms with Gasteiger partial charge in [0.15, 0.2) is 6.29 Å². The Morgan fingerprint density at radius 1 is 1.30 bits per heavy atom. The summed E-state index contributed by atoms with van der Waals surface area (Å²) >= 11 is 0. The van der Waals surface area contributed by atoms with Crippen molar-refractivity contribution in [3.05, 3.63) is 23.8 Å². The lowest BCUT2D eigenvalue weighted by Gasteiger charge is -2.22. The highest BCUT2D eigenvalue weighted by molar-refractivity contribution is 5.79. The van der Waals surface area contributed by atoms with Crippen molar-refractivity contribution in [2.24, 2.45) is 0 Å². The average molecular weight is 278 g/mol. The summed E-state index contributed by atoms with van der Waals surface area (Å²) in [5, 5.41) is 10.3. The number of carbonyl (C=O) groups excluding carboxylic acids is 1. The standard InChI is InChI=1S/C16H22O4/c1-2-9-19-14-6-5-13(11-17)15(10-14)20-12-16(18)7-3-4-8-16/h5-6,10-11,18H,2-4,7-9,12H2,1H3. The first-order chi connectivity index (χ1) is 9.67. The summed E-state index contributed by atoms with van der Waals surface area (Å²) in [4.78, 5) is 11.0. The van der Waals surface area contributed by atoms with Crippen LogP contribution in [-0.4, -0.2) is 30.2 Å². The van der Waals surface area contributed by atoms with Crippen LogP contribution >= 0.6 is 0 Å². The van der Waals surface area contributed by atoms with Gasteiger partial charge in [-0.15, -0.1) is 0 Å². The van der Waals surface area contributed by atoms with Gasteiger partial charge in [-0.3, -0.25) is 4.79 Å². The van der Waals surface area contributed by atoms with Gasteiger partial charge in [-0.1, -0.05) is 19.8 Å². The first-order valence-corrected chi connectivity index (χ1v) is 7.24. The smallest absolute Gasteiger partial charge is 0.153 e. The molecule has 110 valence electrons. The Labute approximate surface area is 119 Å². The highest BCUT2D eigenvalue weighted by Crippen LogP contribution is 2.31. The molecule has 0 aliphatic heterocycles. The summed E-state index contributed by atoms with van der Waals surface area (Å²) in [6, 6.07) is 5.17. The fourth-order valence-electron chi connectivity index (χ4n) is 2.44.